The zero-order valence-corrected chi connectivity index (χ0v) is 18.1. The number of rotatable bonds is 5. The highest BCUT2D eigenvalue weighted by molar-refractivity contribution is 7.14. The molecule has 1 aromatic carbocycles. The van der Waals surface area contributed by atoms with Crippen molar-refractivity contribution in [3.8, 4) is 16.3 Å². The number of carbonyl (C=O) groups excluding carboxylic acids is 2. The Labute approximate surface area is 174 Å². The Kier molecular flexibility index (Phi) is 6.12. The van der Waals surface area contributed by atoms with Crippen LogP contribution in [-0.4, -0.2) is 41.9 Å². The minimum atomic E-state index is -0.525. The molecule has 0 spiro atoms. The van der Waals surface area contributed by atoms with Gasteiger partial charge in [-0.1, -0.05) is 0 Å². The number of hydrogen-bond acceptors (Lipinski definition) is 7. The molecule has 0 atom stereocenters. The molecule has 0 saturated heterocycles. The van der Waals surface area contributed by atoms with Gasteiger partial charge in [0.1, 0.15) is 22.5 Å². The minimum Gasteiger partial charge on any atom is -0.490 e. The third-order valence-electron chi connectivity index (χ3n) is 4.31. The van der Waals surface area contributed by atoms with Gasteiger partial charge < -0.3 is 19.5 Å². The van der Waals surface area contributed by atoms with E-state index in [1.165, 1.54) is 7.11 Å². The van der Waals surface area contributed by atoms with Crippen molar-refractivity contribution in [2.75, 3.05) is 7.11 Å². The second-order valence-electron chi connectivity index (χ2n) is 8.07. The van der Waals surface area contributed by atoms with E-state index >= 15 is 0 Å². The maximum absolute atomic E-state index is 12.1. The predicted molar refractivity (Wildman–Crippen MR) is 110 cm³/mol. The van der Waals surface area contributed by atoms with Gasteiger partial charge in [0.25, 0.3) is 0 Å². The largest absolute Gasteiger partial charge is 0.490 e. The molecule has 1 N–H and O–H groups in total. The average Bonchev–Trinajstić information content (AvgIpc) is 3.03. The van der Waals surface area contributed by atoms with E-state index in [0.29, 0.717) is 24.2 Å². The molecule has 1 heterocycles. The van der Waals surface area contributed by atoms with Gasteiger partial charge >= 0.3 is 12.1 Å². The second kappa shape index (κ2) is 8.41. The van der Waals surface area contributed by atoms with Gasteiger partial charge in [0.15, 0.2) is 0 Å². The first-order chi connectivity index (χ1) is 13.6. The van der Waals surface area contributed by atoms with Crippen molar-refractivity contribution in [1.82, 2.24) is 10.3 Å². The van der Waals surface area contributed by atoms with E-state index in [2.05, 4.69) is 10.3 Å². The highest BCUT2D eigenvalue weighted by Gasteiger charge is 2.33. The Morgan fingerprint density at radius 1 is 1.21 bits per heavy atom. The normalized spacial score (nSPS) is 18.5. The number of carbonyl (C=O) groups is 2. The van der Waals surface area contributed by atoms with Gasteiger partial charge in [0.2, 0.25) is 0 Å². The molecule has 1 fully saturated rings. The van der Waals surface area contributed by atoms with Crippen LogP contribution in [0.5, 0.6) is 5.75 Å². The van der Waals surface area contributed by atoms with Crippen LogP contribution in [0.3, 0.4) is 0 Å². The molecule has 1 aliphatic rings. The number of benzene rings is 1. The molecule has 1 amide bonds. The number of amides is 1. The number of nitrogens with one attached hydrogen (secondary N) is 1. The maximum atomic E-state index is 12.1. The van der Waals surface area contributed by atoms with Crippen LogP contribution >= 0.6 is 11.3 Å². The lowest BCUT2D eigenvalue weighted by Gasteiger charge is -2.36. The summed E-state index contributed by atoms with van der Waals surface area (Å²) in [6, 6.07) is 5.31. The molecule has 1 aromatic heterocycles. The molecule has 0 bridgehead atoms. The summed E-state index contributed by atoms with van der Waals surface area (Å²) in [6.45, 7) is 7.47. The molecule has 7 nitrogen and oxygen atoms in total. The molecule has 0 aliphatic heterocycles. The van der Waals surface area contributed by atoms with E-state index in [9.17, 15) is 9.59 Å². The molecule has 1 aliphatic carbocycles. The van der Waals surface area contributed by atoms with Crippen LogP contribution in [0.15, 0.2) is 24.4 Å². The summed E-state index contributed by atoms with van der Waals surface area (Å²) < 4.78 is 16.2. The zero-order valence-electron chi connectivity index (χ0n) is 17.3. The Hall–Kier alpha value is -2.61. The Morgan fingerprint density at radius 3 is 2.52 bits per heavy atom. The maximum Gasteiger partial charge on any atom is 0.407 e. The fourth-order valence-electron chi connectivity index (χ4n) is 2.96. The highest BCUT2D eigenvalue weighted by atomic mass is 32.1. The van der Waals surface area contributed by atoms with Crippen LogP contribution < -0.4 is 10.1 Å². The molecule has 0 radical (unpaired) electrons. The van der Waals surface area contributed by atoms with Crippen LogP contribution in [0.25, 0.3) is 10.6 Å². The van der Waals surface area contributed by atoms with Gasteiger partial charge in [-0.3, -0.25) is 0 Å². The van der Waals surface area contributed by atoms with Crippen molar-refractivity contribution in [1.29, 1.82) is 0 Å². The molecule has 1 saturated carbocycles. The summed E-state index contributed by atoms with van der Waals surface area (Å²) in [6.07, 6.45) is 2.68. The summed E-state index contributed by atoms with van der Waals surface area (Å²) in [4.78, 5) is 29.4. The van der Waals surface area contributed by atoms with Crippen LogP contribution in [-0.2, 0) is 9.47 Å². The summed E-state index contributed by atoms with van der Waals surface area (Å²) in [5.41, 5.74) is 0.696. The number of thiazole rings is 1. The summed E-state index contributed by atoms with van der Waals surface area (Å²) >= 11 is 1.55. The Bertz CT molecular complexity index is 897. The fraction of sp³-hybridized carbons (Fsp3) is 0.476. The van der Waals surface area contributed by atoms with Crippen molar-refractivity contribution in [2.45, 2.75) is 58.3 Å². The molecule has 3 rings (SSSR count). The molecule has 2 aromatic rings. The first-order valence-electron chi connectivity index (χ1n) is 9.45. The predicted octanol–water partition coefficient (Wildman–Crippen LogP) is 4.34. The average molecular weight is 419 g/mol. The van der Waals surface area contributed by atoms with Crippen molar-refractivity contribution in [2.24, 2.45) is 0 Å². The number of aromatic nitrogens is 1. The third-order valence-corrected chi connectivity index (χ3v) is 5.28. The van der Waals surface area contributed by atoms with E-state index in [1.54, 1.807) is 29.7 Å². The fourth-order valence-corrected chi connectivity index (χ4v) is 3.71. The van der Waals surface area contributed by atoms with Crippen LogP contribution in [0.1, 0.15) is 48.8 Å². The second-order valence-corrected chi connectivity index (χ2v) is 9.30. The number of nitrogens with zero attached hydrogens (tertiary/aromatic N) is 1. The van der Waals surface area contributed by atoms with Crippen molar-refractivity contribution < 1.29 is 23.8 Å². The molecule has 8 heteroatoms. The molecule has 0 unspecified atom stereocenters. The number of hydrogen-bond donors (Lipinski definition) is 1. The smallest absolute Gasteiger partial charge is 0.407 e. The number of methoxy groups -OCH3 is 1. The molecular weight excluding hydrogens is 392 g/mol. The van der Waals surface area contributed by atoms with Crippen LogP contribution in [0, 0.1) is 6.92 Å². The lowest BCUT2D eigenvalue weighted by Crippen LogP contribution is -2.50. The van der Waals surface area contributed by atoms with E-state index in [0.717, 1.165) is 15.4 Å². The summed E-state index contributed by atoms with van der Waals surface area (Å²) in [5.74, 6) is 0.152. The lowest BCUT2D eigenvalue weighted by atomic mass is 9.89. The minimum absolute atomic E-state index is 0.0136. The number of esters is 1. The quantitative estimate of drug-likeness (QED) is 0.727. The summed E-state index contributed by atoms with van der Waals surface area (Å²) in [5, 5.41) is 3.66. The SMILES string of the molecule is COC(=O)c1cc(OC2CC(NC(=O)OC(C)(C)C)C2)cc(-c2ncc(C)s2)c1. The van der Waals surface area contributed by atoms with Crippen molar-refractivity contribution in [3.63, 3.8) is 0 Å². The van der Waals surface area contributed by atoms with Gasteiger partial charge in [-0.05, 0) is 45.9 Å². The van der Waals surface area contributed by atoms with Crippen molar-refractivity contribution >= 4 is 23.4 Å². The molecule has 29 heavy (non-hydrogen) atoms. The van der Waals surface area contributed by atoms with E-state index in [4.69, 9.17) is 14.2 Å². The number of ether oxygens (including phenoxy) is 3. The van der Waals surface area contributed by atoms with Gasteiger partial charge in [-0.15, -0.1) is 11.3 Å². The highest BCUT2D eigenvalue weighted by Crippen LogP contribution is 2.32. The zero-order chi connectivity index (χ0) is 21.2. The molecule has 156 valence electrons. The molecular formula is C21H26N2O5S. The topological polar surface area (TPSA) is 86.8 Å². The van der Waals surface area contributed by atoms with Gasteiger partial charge in [0.05, 0.1) is 12.7 Å². The third kappa shape index (κ3) is 5.69. The van der Waals surface area contributed by atoms with Crippen molar-refractivity contribution in [3.05, 3.63) is 34.8 Å². The Morgan fingerprint density at radius 2 is 1.93 bits per heavy atom. The van der Waals surface area contributed by atoms with Gasteiger partial charge in [-0.25, -0.2) is 14.6 Å². The van der Waals surface area contributed by atoms with Crippen LogP contribution in [0.2, 0.25) is 0 Å². The van der Waals surface area contributed by atoms with Gasteiger partial charge in [0, 0.05) is 35.5 Å². The summed E-state index contributed by atoms with van der Waals surface area (Å²) in [7, 11) is 1.35. The van der Waals surface area contributed by atoms with Crippen LogP contribution in [0.4, 0.5) is 4.79 Å². The van der Waals surface area contributed by atoms with E-state index < -0.39 is 17.7 Å². The monoisotopic (exact) mass is 418 g/mol. The number of aryl methyl sites for hydroxylation is 1. The number of alkyl carbamates (subject to hydrolysis) is 1. The van der Waals surface area contributed by atoms with Gasteiger partial charge in [-0.2, -0.15) is 0 Å². The van der Waals surface area contributed by atoms with E-state index in [1.807, 2.05) is 33.8 Å². The Balaban J connectivity index is 1.65. The standard InChI is InChI=1S/C21H26N2O5S/c1-12-11-22-18(29-12)13-6-14(19(24)26-5)8-16(7-13)27-17-9-15(10-17)23-20(25)28-21(2,3)4/h6-8,11,15,17H,9-10H2,1-5H3,(H,23,25). The first kappa shape index (κ1) is 21.1. The first-order valence-corrected chi connectivity index (χ1v) is 10.3. The van der Waals surface area contributed by atoms with E-state index in [-0.39, 0.29) is 12.1 Å². The lowest BCUT2D eigenvalue weighted by molar-refractivity contribution is 0.0361.